The SMILES string of the molecule is CCCN(C(=O)OCC1c2ccccc2-c2ccccc21)C(CC(C)C)C(=O)O. The summed E-state index contributed by atoms with van der Waals surface area (Å²) in [6.07, 6.45) is 0.521. The van der Waals surface area contributed by atoms with Crippen molar-refractivity contribution in [3.05, 3.63) is 59.7 Å². The van der Waals surface area contributed by atoms with Gasteiger partial charge in [-0.05, 0) is 41.0 Å². The van der Waals surface area contributed by atoms with Gasteiger partial charge in [0.1, 0.15) is 12.6 Å². The van der Waals surface area contributed by atoms with E-state index in [4.69, 9.17) is 4.74 Å². The Morgan fingerprint density at radius 2 is 1.59 bits per heavy atom. The van der Waals surface area contributed by atoms with Crippen LogP contribution in [0.2, 0.25) is 0 Å². The van der Waals surface area contributed by atoms with Gasteiger partial charge in [-0.15, -0.1) is 0 Å². The highest BCUT2D eigenvalue weighted by Gasteiger charge is 2.33. The minimum absolute atomic E-state index is 0.0387. The predicted octanol–water partition coefficient (Wildman–Crippen LogP) is 5.15. The Morgan fingerprint density at radius 3 is 2.07 bits per heavy atom. The van der Waals surface area contributed by atoms with Gasteiger partial charge in [0.15, 0.2) is 0 Å². The minimum atomic E-state index is -0.986. The van der Waals surface area contributed by atoms with Crippen LogP contribution >= 0.6 is 0 Å². The van der Waals surface area contributed by atoms with Gasteiger partial charge in [-0.25, -0.2) is 9.59 Å². The number of nitrogens with zero attached hydrogens (tertiary/aromatic N) is 1. The maximum absolute atomic E-state index is 12.9. The van der Waals surface area contributed by atoms with E-state index in [1.165, 1.54) is 4.90 Å². The molecule has 0 radical (unpaired) electrons. The molecule has 0 spiro atoms. The maximum atomic E-state index is 12.9. The fraction of sp³-hybridized carbons (Fsp3) is 0.417. The van der Waals surface area contributed by atoms with Crippen LogP contribution in [0.4, 0.5) is 4.79 Å². The number of ether oxygens (including phenoxy) is 1. The molecule has 2 aromatic carbocycles. The first-order chi connectivity index (χ1) is 13.9. The molecule has 5 nitrogen and oxygen atoms in total. The number of carboxylic acids is 1. The lowest BCUT2D eigenvalue weighted by molar-refractivity contribution is -0.143. The summed E-state index contributed by atoms with van der Waals surface area (Å²) in [6.45, 7) is 6.40. The smallest absolute Gasteiger partial charge is 0.410 e. The van der Waals surface area contributed by atoms with Crippen LogP contribution in [0.3, 0.4) is 0 Å². The van der Waals surface area contributed by atoms with E-state index >= 15 is 0 Å². The predicted molar refractivity (Wildman–Crippen MR) is 113 cm³/mol. The van der Waals surface area contributed by atoms with E-state index in [0.717, 1.165) is 22.3 Å². The third-order valence-corrected chi connectivity index (χ3v) is 5.39. The molecular weight excluding hydrogens is 366 g/mol. The summed E-state index contributed by atoms with van der Waals surface area (Å²) < 4.78 is 5.69. The molecule has 1 aliphatic rings. The normalized spacial score (nSPS) is 13.7. The first kappa shape index (κ1) is 20.9. The van der Waals surface area contributed by atoms with Crippen LogP contribution in [0.1, 0.15) is 50.7 Å². The molecule has 0 fully saturated rings. The highest BCUT2D eigenvalue weighted by atomic mass is 16.6. The molecule has 154 valence electrons. The molecule has 0 saturated heterocycles. The molecule has 3 rings (SSSR count). The van der Waals surface area contributed by atoms with E-state index in [9.17, 15) is 14.7 Å². The number of rotatable bonds is 8. The summed E-state index contributed by atoms with van der Waals surface area (Å²) in [5.74, 6) is -0.860. The van der Waals surface area contributed by atoms with Crippen LogP contribution < -0.4 is 0 Å². The topological polar surface area (TPSA) is 66.8 Å². The first-order valence-corrected chi connectivity index (χ1v) is 10.3. The van der Waals surface area contributed by atoms with Crippen LogP contribution in [0.15, 0.2) is 48.5 Å². The second-order valence-corrected chi connectivity index (χ2v) is 7.98. The monoisotopic (exact) mass is 395 g/mol. The summed E-state index contributed by atoms with van der Waals surface area (Å²) in [6, 6.07) is 15.4. The van der Waals surface area contributed by atoms with Crippen molar-refractivity contribution in [3.63, 3.8) is 0 Å². The van der Waals surface area contributed by atoms with Gasteiger partial charge in [0.25, 0.3) is 0 Å². The number of benzene rings is 2. The second kappa shape index (κ2) is 9.12. The largest absolute Gasteiger partial charge is 0.480 e. The van der Waals surface area contributed by atoms with Crippen molar-refractivity contribution in [1.82, 2.24) is 4.90 Å². The van der Waals surface area contributed by atoms with Gasteiger partial charge in [0.2, 0.25) is 0 Å². The standard InChI is InChI=1S/C24H29NO4/c1-4-13-25(22(23(26)27)14-16(2)3)24(28)29-15-21-19-11-7-5-9-17(19)18-10-6-8-12-20(18)21/h5-12,16,21-22H,4,13-15H2,1-3H3,(H,26,27). The fourth-order valence-corrected chi connectivity index (χ4v) is 4.10. The minimum Gasteiger partial charge on any atom is -0.480 e. The van der Waals surface area contributed by atoms with Crippen LogP contribution in [-0.2, 0) is 9.53 Å². The van der Waals surface area contributed by atoms with Crippen molar-refractivity contribution in [2.75, 3.05) is 13.2 Å². The van der Waals surface area contributed by atoms with Gasteiger partial charge < -0.3 is 9.84 Å². The van der Waals surface area contributed by atoms with E-state index in [1.807, 2.05) is 45.0 Å². The van der Waals surface area contributed by atoms with Gasteiger partial charge >= 0.3 is 12.1 Å². The lowest BCUT2D eigenvalue weighted by Gasteiger charge is -2.29. The summed E-state index contributed by atoms with van der Waals surface area (Å²) in [5, 5.41) is 9.66. The number of aliphatic carboxylic acids is 1. The summed E-state index contributed by atoms with van der Waals surface area (Å²) in [7, 11) is 0. The van der Waals surface area contributed by atoms with Crippen molar-refractivity contribution in [2.45, 2.75) is 45.6 Å². The zero-order chi connectivity index (χ0) is 21.0. The van der Waals surface area contributed by atoms with Gasteiger partial charge in [-0.1, -0.05) is 69.3 Å². The molecule has 2 aromatic rings. The van der Waals surface area contributed by atoms with Crippen molar-refractivity contribution >= 4 is 12.1 Å². The molecule has 0 heterocycles. The Bertz CT molecular complexity index is 831. The van der Waals surface area contributed by atoms with Gasteiger partial charge in [-0.2, -0.15) is 0 Å². The van der Waals surface area contributed by atoms with Crippen molar-refractivity contribution in [2.24, 2.45) is 5.92 Å². The number of fused-ring (bicyclic) bond motifs is 3. The molecule has 1 N–H and O–H groups in total. The fourth-order valence-electron chi connectivity index (χ4n) is 4.10. The lowest BCUT2D eigenvalue weighted by atomic mass is 9.98. The highest BCUT2D eigenvalue weighted by molar-refractivity contribution is 5.81. The van der Waals surface area contributed by atoms with Crippen LogP contribution in [0.5, 0.6) is 0 Å². The number of carbonyl (C=O) groups excluding carboxylic acids is 1. The Kier molecular flexibility index (Phi) is 6.57. The number of carbonyl (C=O) groups is 2. The van der Waals surface area contributed by atoms with Crippen molar-refractivity contribution < 1.29 is 19.4 Å². The highest BCUT2D eigenvalue weighted by Crippen LogP contribution is 2.44. The number of amides is 1. The van der Waals surface area contributed by atoms with Crippen LogP contribution in [0, 0.1) is 5.92 Å². The first-order valence-electron chi connectivity index (χ1n) is 10.3. The molecule has 1 atom stereocenters. The second-order valence-electron chi connectivity index (χ2n) is 7.98. The Balaban J connectivity index is 1.79. The van der Waals surface area contributed by atoms with E-state index in [1.54, 1.807) is 0 Å². The number of carboxylic acid groups (broad SMARTS) is 1. The Labute approximate surface area is 172 Å². The zero-order valence-electron chi connectivity index (χ0n) is 17.3. The Hall–Kier alpha value is -2.82. The molecule has 0 aromatic heterocycles. The molecule has 0 aliphatic heterocycles. The number of hydrogen-bond donors (Lipinski definition) is 1. The molecular formula is C24H29NO4. The molecule has 1 amide bonds. The third kappa shape index (κ3) is 4.44. The van der Waals surface area contributed by atoms with E-state index in [2.05, 4.69) is 24.3 Å². The van der Waals surface area contributed by atoms with E-state index < -0.39 is 18.1 Å². The quantitative estimate of drug-likeness (QED) is 0.671. The molecule has 5 heteroatoms. The van der Waals surface area contributed by atoms with Crippen LogP contribution in [0.25, 0.3) is 11.1 Å². The zero-order valence-corrected chi connectivity index (χ0v) is 17.3. The van der Waals surface area contributed by atoms with Crippen molar-refractivity contribution in [1.29, 1.82) is 0 Å². The maximum Gasteiger partial charge on any atom is 0.410 e. The van der Waals surface area contributed by atoms with E-state index in [-0.39, 0.29) is 18.4 Å². The summed E-state index contributed by atoms with van der Waals surface area (Å²) in [5.41, 5.74) is 4.61. The molecule has 1 unspecified atom stereocenters. The third-order valence-electron chi connectivity index (χ3n) is 5.39. The molecule has 0 saturated carbocycles. The molecule has 0 bridgehead atoms. The van der Waals surface area contributed by atoms with Gasteiger partial charge in [-0.3, -0.25) is 4.90 Å². The van der Waals surface area contributed by atoms with Gasteiger partial charge in [0, 0.05) is 12.5 Å². The van der Waals surface area contributed by atoms with Crippen molar-refractivity contribution in [3.8, 4) is 11.1 Å². The Morgan fingerprint density at radius 1 is 1.03 bits per heavy atom. The average Bonchev–Trinajstić information content (AvgIpc) is 3.02. The van der Waals surface area contributed by atoms with Gasteiger partial charge in [0.05, 0.1) is 0 Å². The lowest BCUT2D eigenvalue weighted by Crippen LogP contribution is -2.46. The van der Waals surface area contributed by atoms with E-state index in [0.29, 0.717) is 19.4 Å². The molecule has 1 aliphatic carbocycles. The number of hydrogen-bond acceptors (Lipinski definition) is 3. The van der Waals surface area contributed by atoms with Crippen LogP contribution in [-0.4, -0.2) is 41.3 Å². The summed E-state index contributed by atoms with van der Waals surface area (Å²) >= 11 is 0. The molecule has 29 heavy (non-hydrogen) atoms. The average molecular weight is 395 g/mol. The summed E-state index contributed by atoms with van der Waals surface area (Å²) in [4.78, 5) is 26.0.